The molecule has 1 N–H and O–H groups in total. The van der Waals surface area contributed by atoms with Gasteiger partial charge in [0, 0.05) is 0 Å². The zero-order chi connectivity index (χ0) is 19.0. The van der Waals surface area contributed by atoms with Gasteiger partial charge in [-0.3, -0.25) is 0 Å². The van der Waals surface area contributed by atoms with Crippen LogP contribution in [0.15, 0.2) is 12.1 Å². The molecule has 0 heterocycles. The second-order valence-electron chi connectivity index (χ2n) is 7.49. The van der Waals surface area contributed by atoms with Gasteiger partial charge in [0.1, 0.15) is 0 Å². The Morgan fingerprint density at radius 2 is 1.48 bits per heavy atom. The Labute approximate surface area is 155 Å². The van der Waals surface area contributed by atoms with Crippen LogP contribution in [0.25, 0.3) is 0 Å². The van der Waals surface area contributed by atoms with E-state index in [4.69, 9.17) is 4.74 Å². The summed E-state index contributed by atoms with van der Waals surface area (Å²) in [6.45, 7) is 10.1. The molecule has 144 valence electrons. The molecule has 2 nitrogen and oxygen atoms in total. The van der Waals surface area contributed by atoms with Crippen molar-refractivity contribution >= 4 is 3.87 Å². The van der Waals surface area contributed by atoms with E-state index in [0.717, 1.165) is 19.3 Å². The van der Waals surface area contributed by atoms with Crippen molar-refractivity contribution in [2.75, 3.05) is 6.61 Å². The van der Waals surface area contributed by atoms with Gasteiger partial charge in [0.25, 0.3) is 0 Å². The molecule has 0 radical (unpaired) electrons. The molecule has 0 spiro atoms. The summed E-state index contributed by atoms with van der Waals surface area (Å²) in [6.07, 6.45) is 6.68. The fourth-order valence-electron chi connectivity index (χ4n) is 3.31. The Kier molecular flexibility index (Phi) is 9.62. The fourth-order valence-corrected chi connectivity index (χ4v) is 8.60. The maximum atomic E-state index is 14.6. The molecular weight excluding hydrogens is 358 g/mol. The van der Waals surface area contributed by atoms with Crippen molar-refractivity contribution in [3.05, 3.63) is 23.8 Å². The maximum absolute atomic E-state index is 14.6. The fraction of sp³-hybridized carbons (Fsp3) is 0.700. The van der Waals surface area contributed by atoms with Gasteiger partial charge >= 0.3 is 149 Å². The SMILES string of the molecule is CCCCCCCCOc1cc[c]([Ti]([OH])([CH](C)C)[CH](C)C)c(F)c1F. The van der Waals surface area contributed by atoms with Gasteiger partial charge in [-0.2, -0.15) is 0 Å². The zero-order valence-corrected chi connectivity index (χ0v) is 17.9. The predicted molar refractivity (Wildman–Crippen MR) is 97.3 cm³/mol. The van der Waals surface area contributed by atoms with Crippen LogP contribution in [0, 0.1) is 11.6 Å². The standard InChI is InChI=1S/C14H19F2O.2C3H7.H2O.Ti/c1-2-3-4-5-6-7-11-17-13-10-8-9-12(15)14(13)16;2*1-3-2;;/h8,10H,2-7,11H2,1H3;2*3H,1-2H3;1H2;/q;;;;+1/p-1. The van der Waals surface area contributed by atoms with E-state index in [0.29, 0.717) is 6.61 Å². The summed E-state index contributed by atoms with van der Waals surface area (Å²) < 4.78 is 45.7. The van der Waals surface area contributed by atoms with Crippen LogP contribution in [-0.4, -0.2) is 10.3 Å². The summed E-state index contributed by atoms with van der Waals surface area (Å²) in [6, 6.07) is 3.01. The summed E-state index contributed by atoms with van der Waals surface area (Å²) in [4.78, 5) is 0. The Morgan fingerprint density at radius 1 is 0.920 bits per heavy atom. The number of benzene rings is 1. The van der Waals surface area contributed by atoms with Gasteiger partial charge in [-0.15, -0.1) is 0 Å². The van der Waals surface area contributed by atoms with Crippen LogP contribution in [0.2, 0.25) is 8.45 Å². The van der Waals surface area contributed by atoms with E-state index >= 15 is 0 Å². The first-order chi connectivity index (χ1) is 11.8. The predicted octanol–water partition coefficient (Wildman–Crippen LogP) is 6.05. The van der Waals surface area contributed by atoms with Crippen molar-refractivity contribution < 1.29 is 34.2 Å². The molecule has 0 aromatic heterocycles. The Balaban J connectivity index is 2.76. The van der Waals surface area contributed by atoms with Crippen LogP contribution in [0.5, 0.6) is 5.75 Å². The Bertz CT molecular complexity index is 525. The molecule has 0 atom stereocenters. The van der Waals surface area contributed by atoms with Crippen LogP contribution in [0.4, 0.5) is 8.78 Å². The normalized spacial score (nSPS) is 12.2. The topological polar surface area (TPSA) is 29.5 Å². The first-order valence-corrected chi connectivity index (χ1v) is 12.9. The second-order valence-corrected chi connectivity index (χ2v) is 14.5. The van der Waals surface area contributed by atoms with E-state index < -0.39 is 28.6 Å². The number of ether oxygens (including phenoxy) is 1. The monoisotopic (exact) mass is 392 g/mol. The molecule has 0 amide bonds. The summed E-state index contributed by atoms with van der Waals surface area (Å²) in [5.74, 6) is -1.94. The van der Waals surface area contributed by atoms with E-state index in [1.165, 1.54) is 31.4 Å². The van der Waals surface area contributed by atoms with Crippen molar-refractivity contribution in [2.45, 2.75) is 81.6 Å². The van der Waals surface area contributed by atoms with Crippen molar-refractivity contribution in [1.82, 2.24) is 0 Å². The molecular formula is C20H34F2O2Ti. The molecule has 1 aromatic rings. The zero-order valence-electron chi connectivity index (χ0n) is 16.4. The molecule has 5 heteroatoms. The third-order valence-corrected chi connectivity index (χ3v) is 12.4. The minimum absolute atomic E-state index is 0.0490. The summed E-state index contributed by atoms with van der Waals surface area (Å²) in [5, 5.41) is 0. The molecule has 1 rings (SSSR count). The molecule has 0 unspecified atom stereocenters. The number of rotatable bonds is 11. The van der Waals surface area contributed by atoms with E-state index in [1.807, 2.05) is 27.7 Å². The average molecular weight is 392 g/mol. The van der Waals surface area contributed by atoms with Gasteiger partial charge in [0.2, 0.25) is 0 Å². The number of halogens is 2. The van der Waals surface area contributed by atoms with Crippen LogP contribution < -0.4 is 8.61 Å². The quantitative estimate of drug-likeness (QED) is 0.367. The molecule has 25 heavy (non-hydrogen) atoms. The van der Waals surface area contributed by atoms with Crippen LogP contribution in [-0.2, 0) is 17.0 Å². The van der Waals surface area contributed by atoms with Crippen molar-refractivity contribution in [3.63, 3.8) is 0 Å². The third kappa shape index (κ3) is 5.77. The summed E-state index contributed by atoms with van der Waals surface area (Å²) in [7, 11) is 0. The Hall–Kier alpha value is -0.446. The molecule has 0 aliphatic carbocycles. The van der Waals surface area contributed by atoms with Gasteiger partial charge in [-0.1, -0.05) is 6.92 Å². The van der Waals surface area contributed by atoms with E-state index in [9.17, 15) is 12.5 Å². The minimum atomic E-state index is -3.70. The first kappa shape index (κ1) is 22.6. The molecule has 0 aliphatic rings. The number of hydrogen-bond donors (Lipinski definition) is 1. The van der Waals surface area contributed by atoms with Crippen LogP contribution >= 0.6 is 0 Å². The molecule has 0 aliphatic heterocycles. The number of unbranched alkanes of at least 4 members (excludes halogenated alkanes) is 5. The van der Waals surface area contributed by atoms with E-state index in [-0.39, 0.29) is 18.1 Å². The summed E-state index contributed by atoms with van der Waals surface area (Å²) >= 11 is -3.70. The average Bonchev–Trinajstić information content (AvgIpc) is 2.56. The van der Waals surface area contributed by atoms with Gasteiger partial charge < -0.3 is 0 Å². The van der Waals surface area contributed by atoms with Crippen molar-refractivity contribution in [3.8, 4) is 5.75 Å². The van der Waals surface area contributed by atoms with Gasteiger partial charge in [0.15, 0.2) is 0 Å². The molecule has 0 fully saturated rings. The van der Waals surface area contributed by atoms with Crippen LogP contribution in [0.1, 0.15) is 73.1 Å². The van der Waals surface area contributed by atoms with E-state index in [2.05, 4.69) is 6.92 Å². The van der Waals surface area contributed by atoms with Crippen LogP contribution in [0.3, 0.4) is 0 Å². The number of hydrogen-bond acceptors (Lipinski definition) is 2. The molecule has 0 saturated heterocycles. The molecule has 1 aromatic carbocycles. The third-order valence-electron chi connectivity index (χ3n) is 4.99. The van der Waals surface area contributed by atoms with Gasteiger partial charge in [-0.05, 0) is 0 Å². The Morgan fingerprint density at radius 3 is 2.04 bits per heavy atom. The molecule has 0 saturated carbocycles. The van der Waals surface area contributed by atoms with Gasteiger partial charge in [-0.25, -0.2) is 0 Å². The van der Waals surface area contributed by atoms with Gasteiger partial charge in [0.05, 0.1) is 0 Å². The first-order valence-electron chi connectivity index (χ1n) is 9.60. The molecule has 0 bridgehead atoms. The van der Waals surface area contributed by atoms with Crippen molar-refractivity contribution in [2.24, 2.45) is 0 Å². The summed E-state index contributed by atoms with van der Waals surface area (Å²) in [5.41, 5.74) is 0. The van der Waals surface area contributed by atoms with E-state index in [1.54, 1.807) is 0 Å². The van der Waals surface area contributed by atoms with Crippen molar-refractivity contribution in [1.29, 1.82) is 0 Å². The second kappa shape index (κ2) is 10.6.